The minimum Gasteiger partial charge on any atom is -0.411 e. The number of aromatic nitrogens is 4. The largest absolute Gasteiger partial charge is 0.411 e. The number of anilines is 1. The van der Waals surface area contributed by atoms with Gasteiger partial charge in [0.25, 0.3) is 5.91 Å². The van der Waals surface area contributed by atoms with E-state index in [4.69, 9.17) is 14.2 Å². The van der Waals surface area contributed by atoms with Crippen LogP contribution in [0.3, 0.4) is 0 Å². The van der Waals surface area contributed by atoms with Crippen LogP contribution < -0.4 is 5.32 Å². The highest BCUT2D eigenvalue weighted by molar-refractivity contribution is 6.06. The molecule has 3 aromatic rings. The number of ether oxygens (including phenoxy) is 3. The molecule has 2 aromatic heterocycles. The normalized spacial score (nSPS) is 21.9. The van der Waals surface area contributed by atoms with Crippen LogP contribution in [0.1, 0.15) is 16.6 Å². The third-order valence-corrected chi connectivity index (χ3v) is 4.95. The highest BCUT2D eigenvalue weighted by Crippen LogP contribution is 2.32. The first-order valence-corrected chi connectivity index (χ1v) is 9.80. The Morgan fingerprint density at radius 3 is 2.78 bits per heavy atom. The average Bonchev–Trinajstić information content (AvgIpc) is 3.41. The van der Waals surface area contributed by atoms with Crippen molar-refractivity contribution in [1.29, 1.82) is 0 Å². The van der Waals surface area contributed by atoms with Crippen molar-refractivity contribution in [3.63, 3.8) is 0 Å². The van der Waals surface area contributed by atoms with Crippen LogP contribution in [0.5, 0.6) is 0 Å². The van der Waals surface area contributed by atoms with Gasteiger partial charge in [-0.05, 0) is 12.1 Å². The predicted octanol–water partition coefficient (Wildman–Crippen LogP) is 0.830. The number of hydrogen-bond donors (Lipinski definition) is 3. The summed E-state index contributed by atoms with van der Waals surface area (Å²) < 4.78 is 18.3. The Labute approximate surface area is 182 Å². The maximum atomic E-state index is 12.5. The zero-order valence-corrected chi connectivity index (χ0v) is 17.2. The Bertz CT molecular complexity index is 1100. The number of nitrogens with zero attached hydrogens (tertiary/aromatic N) is 5. The van der Waals surface area contributed by atoms with E-state index in [1.165, 1.54) is 19.8 Å². The third-order valence-electron chi connectivity index (χ3n) is 4.95. The second kappa shape index (κ2) is 9.78. The van der Waals surface area contributed by atoms with Gasteiger partial charge in [0.15, 0.2) is 23.2 Å². The predicted molar refractivity (Wildman–Crippen MR) is 112 cm³/mol. The molecule has 0 bridgehead atoms. The molecule has 0 unspecified atom stereocenters. The summed E-state index contributed by atoms with van der Waals surface area (Å²) in [5.74, 6) is -0.111. The third kappa shape index (κ3) is 4.16. The highest BCUT2D eigenvalue weighted by Gasteiger charge is 2.44. The molecule has 3 heterocycles. The molecule has 12 heteroatoms. The summed E-state index contributed by atoms with van der Waals surface area (Å²) in [5, 5.41) is 25.1. The van der Waals surface area contributed by atoms with Crippen LogP contribution in [0, 0.1) is 0 Å². The van der Waals surface area contributed by atoms with Gasteiger partial charge in [-0.15, -0.1) is 0 Å². The second-order valence-electron chi connectivity index (χ2n) is 6.87. The van der Waals surface area contributed by atoms with Crippen LogP contribution in [0.2, 0.25) is 0 Å². The van der Waals surface area contributed by atoms with Crippen LogP contribution in [-0.4, -0.2) is 80.6 Å². The van der Waals surface area contributed by atoms with Crippen LogP contribution in [0.4, 0.5) is 5.82 Å². The lowest BCUT2D eigenvalue weighted by atomic mass is 10.1. The highest BCUT2D eigenvalue weighted by atomic mass is 16.6. The van der Waals surface area contributed by atoms with E-state index in [0.29, 0.717) is 23.3 Å². The molecule has 0 saturated carbocycles. The van der Waals surface area contributed by atoms with Gasteiger partial charge < -0.3 is 29.8 Å². The number of imidazole rings is 1. The maximum absolute atomic E-state index is 12.5. The average molecular weight is 442 g/mol. The topological polar surface area (TPSA) is 153 Å². The number of nitrogens with one attached hydrogen (secondary N) is 1. The molecule has 168 valence electrons. The summed E-state index contributed by atoms with van der Waals surface area (Å²) >= 11 is 0. The van der Waals surface area contributed by atoms with Crippen molar-refractivity contribution in [1.82, 2.24) is 19.5 Å². The lowest BCUT2D eigenvalue weighted by Gasteiger charge is -2.20. The number of rotatable bonds is 8. The molecule has 32 heavy (non-hydrogen) atoms. The molecule has 1 aliphatic heterocycles. The minimum atomic E-state index is -0.867. The van der Waals surface area contributed by atoms with E-state index in [0.717, 1.165) is 0 Å². The van der Waals surface area contributed by atoms with E-state index in [9.17, 15) is 15.1 Å². The molecular weight excluding hydrogens is 420 g/mol. The maximum Gasteiger partial charge on any atom is 0.256 e. The van der Waals surface area contributed by atoms with E-state index in [-0.39, 0.29) is 24.0 Å². The van der Waals surface area contributed by atoms with Gasteiger partial charge in [0.2, 0.25) is 0 Å². The van der Waals surface area contributed by atoms with Crippen molar-refractivity contribution < 1.29 is 29.3 Å². The summed E-state index contributed by atoms with van der Waals surface area (Å²) in [7, 11) is 1.54. The molecule has 1 amide bonds. The number of oxime groups is 1. The Balaban J connectivity index is 1.65. The number of aliphatic hydroxyl groups is 1. The van der Waals surface area contributed by atoms with Gasteiger partial charge in [0.1, 0.15) is 24.2 Å². The molecule has 12 nitrogen and oxygen atoms in total. The van der Waals surface area contributed by atoms with E-state index in [1.54, 1.807) is 28.8 Å². The van der Waals surface area contributed by atoms with Gasteiger partial charge >= 0.3 is 0 Å². The van der Waals surface area contributed by atoms with Crippen LogP contribution in [-0.2, 0) is 14.2 Å². The summed E-state index contributed by atoms with van der Waals surface area (Å²) in [4.78, 5) is 25.3. The van der Waals surface area contributed by atoms with Crippen molar-refractivity contribution in [2.24, 2.45) is 5.16 Å². The number of benzene rings is 1. The summed E-state index contributed by atoms with van der Waals surface area (Å²) in [6, 6.07) is 8.71. The number of aliphatic hydroxyl groups excluding tert-OH is 1. The Morgan fingerprint density at radius 2 is 2.06 bits per heavy atom. The molecule has 1 saturated heterocycles. The van der Waals surface area contributed by atoms with Crippen molar-refractivity contribution in [3.8, 4) is 0 Å². The molecular formula is C20H22N6O6. The van der Waals surface area contributed by atoms with Crippen molar-refractivity contribution in [2.45, 2.75) is 18.4 Å². The van der Waals surface area contributed by atoms with Crippen LogP contribution >= 0.6 is 0 Å². The molecule has 1 aromatic carbocycles. The van der Waals surface area contributed by atoms with Gasteiger partial charge in [0, 0.05) is 12.7 Å². The van der Waals surface area contributed by atoms with E-state index < -0.39 is 25.0 Å². The number of methoxy groups -OCH3 is 1. The fourth-order valence-electron chi connectivity index (χ4n) is 3.43. The van der Waals surface area contributed by atoms with Crippen molar-refractivity contribution in [3.05, 3.63) is 48.5 Å². The molecule has 1 fully saturated rings. The molecule has 3 atom stereocenters. The molecule has 0 radical (unpaired) electrons. The molecule has 3 N–H and O–H groups in total. The number of amides is 1. The Kier molecular flexibility index (Phi) is 6.66. The van der Waals surface area contributed by atoms with Gasteiger partial charge in [-0.2, -0.15) is 0 Å². The molecule has 0 spiro atoms. The van der Waals surface area contributed by atoms with Gasteiger partial charge in [-0.25, -0.2) is 15.0 Å². The number of carbonyl (C=O) groups excluding carboxylic acids is 1. The van der Waals surface area contributed by atoms with Crippen molar-refractivity contribution in [2.75, 3.05) is 32.2 Å². The van der Waals surface area contributed by atoms with Gasteiger partial charge in [0.05, 0.1) is 26.1 Å². The van der Waals surface area contributed by atoms with E-state index in [2.05, 4.69) is 25.4 Å². The lowest BCUT2D eigenvalue weighted by Crippen LogP contribution is -2.32. The molecule has 1 aliphatic rings. The zero-order chi connectivity index (χ0) is 22.5. The second-order valence-corrected chi connectivity index (χ2v) is 6.87. The van der Waals surface area contributed by atoms with E-state index in [1.807, 2.05) is 6.07 Å². The number of fused-ring (bicyclic) bond motifs is 1. The first-order valence-electron chi connectivity index (χ1n) is 9.80. The smallest absolute Gasteiger partial charge is 0.256 e. The van der Waals surface area contributed by atoms with Gasteiger partial charge in [-0.1, -0.05) is 23.4 Å². The standard InChI is InChI=1S/C20H22N6O6/c1-30-7-8-31-16-14(25-29)13(9-27)32-20(16)26-11-23-15-17(21-10-22-18(15)26)24-19(28)12-5-3-2-4-6-12/h2-6,10-11,13,16,20,27,29H,7-9H2,1H3,(H,21,22,24,28)/t13-,16-,20-/m1/s1. The number of hydrogen-bond acceptors (Lipinski definition) is 10. The minimum absolute atomic E-state index is 0.141. The van der Waals surface area contributed by atoms with Crippen molar-refractivity contribution >= 4 is 28.6 Å². The molecule has 4 rings (SSSR count). The monoisotopic (exact) mass is 442 g/mol. The summed E-state index contributed by atoms with van der Waals surface area (Å²) in [6.07, 6.45) is 0.244. The fourth-order valence-corrected chi connectivity index (χ4v) is 3.43. The first-order chi connectivity index (χ1) is 15.7. The zero-order valence-electron chi connectivity index (χ0n) is 17.2. The van der Waals surface area contributed by atoms with E-state index >= 15 is 0 Å². The lowest BCUT2D eigenvalue weighted by molar-refractivity contribution is -0.0742. The van der Waals surface area contributed by atoms with Crippen LogP contribution in [0.25, 0.3) is 11.2 Å². The quantitative estimate of drug-likeness (QED) is 0.261. The SMILES string of the molecule is COCCO[C@@H]1C(=NO)[C@@H](CO)O[C@H]1n1cnc2c(NC(=O)c3ccccc3)ncnc21. The Morgan fingerprint density at radius 1 is 1.25 bits per heavy atom. The van der Waals surface area contributed by atoms with Gasteiger partial charge in [-0.3, -0.25) is 9.36 Å². The first kappa shape index (κ1) is 21.8. The fraction of sp³-hybridized carbons (Fsp3) is 0.350. The Hall–Kier alpha value is -3.45. The summed E-state index contributed by atoms with van der Waals surface area (Å²) in [5.41, 5.74) is 1.32. The summed E-state index contributed by atoms with van der Waals surface area (Å²) in [6.45, 7) is 0.118. The number of carbonyl (C=O) groups is 1. The molecule has 0 aliphatic carbocycles. The van der Waals surface area contributed by atoms with Crippen LogP contribution in [0.15, 0.2) is 48.1 Å².